The molecule has 4 aromatic rings. The molecule has 4 aromatic heterocycles. The number of anilines is 1. The largest absolute Gasteiger partial charge is 0.300 e. The molecule has 8 nitrogen and oxygen atoms in total. The topological polar surface area (TPSA) is 98.0 Å². The second-order valence-corrected chi connectivity index (χ2v) is 10.9. The average molecular weight is 474 g/mol. The van der Waals surface area contributed by atoms with E-state index in [1.54, 1.807) is 11.3 Å². The maximum absolute atomic E-state index is 12.5. The number of nitrogens with one attached hydrogen (secondary N) is 1. The standard InChI is InChI=1S/C20H23N7OS3/c1-4-14-23-25-19(31-14)21-13(28)9-29-20-26-24-17-15-11-7-5-6-8-12(11)30-18(15)22-16(10(2)3)27(17)20/h10H,4-9H2,1-3H3,(H,21,25,28). The van der Waals surface area contributed by atoms with Gasteiger partial charge in [-0.15, -0.1) is 31.7 Å². The molecule has 11 heteroatoms. The molecule has 1 N–H and O–H groups in total. The van der Waals surface area contributed by atoms with Crippen molar-refractivity contribution in [1.29, 1.82) is 0 Å². The summed E-state index contributed by atoms with van der Waals surface area (Å²) in [7, 11) is 0. The van der Waals surface area contributed by atoms with Crippen LogP contribution in [0.3, 0.4) is 0 Å². The zero-order chi connectivity index (χ0) is 21.5. The number of nitrogens with zero attached hydrogens (tertiary/aromatic N) is 6. The lowest BCUT2D eigenvalue weighted by Gasteiger charge is -2.12. The van der Waals surface area contributed by atoms with E-state index in [2.05, 4.69) is 39.6 Å². The van der Waals surface area contributed by atoms with E-state index in [4.69, 9.17) is 4.98 Å². The van der Waals surface area contributed by atoms with Gasteiger partial charge in [-0.1, -0.05) is 43.9 Å². The number of carbonyl (C=O) groups excluding carboxylic acids is 1. The van der Waals surface area contributed by atoms with Crippen LogP contribution in [-0.4, -0.2) is 41.4 Å². The number of hydrogen-bond donors (Lipinski definition) is 1. The first-order valence-corrected chi connectivity index (χ1v) is 13.1. The maximum Gasteiger partial charge on any atom is 0.236 e. The Labute approximate surface area is 191 Å². The molecule has 0 aliphatic heterocycles. The van der Waals surface area contributed by atoms with Crippen molar-refractivity contribution in [2.75, 3.05) is 11.1 Å². The van der Waals surface area contributed by atoms with Crippen LogP contribution in [0, 0.1) is 0 Å². The summed E-state index contributed by atoms with van der Waals surface area (Å²) in [4.78, 5) is 20.0. The highest BCUT2D eigenvalue weighted by Gasteiger charge is 2.24. The van der Waals surface area contributed by atoms with Gasteiger partial charge >= 0.3 is 0 Å². The summed E-state index contributed by atoms with van der Waals surface area (Å²) in [6, 6.07) is 0. The fourth-order valence-electron chi connectivity index (χ4n) is 3.87. The third-order valence-corrected chi connectivity index (χ3v) is 8.42. The van der Waals surface area contributed by atoms with Crippen LogP contribution in [0.1, 0.15) is 60.8 Å². The van der Waals surface area contributed by atoms with Crippen LogP contribution < -0.4 is 5.32 Å². The van der Waals surface area contributed by atoms with Crippen molar-refractivity contribution < 1.29 is 4.79 Å². The molecule has 0 spiro atoms. The number of rotatable bonds is 6. The second-order valence-electron chi connectivity index (χ2n) is 7.85. The maximum atomic E-state index is 12.5. The number of thiophene rings is 1. The summed E-state index contributed by atoms with van der Waals surface area (Å²) in [5.74, 6) is 1.24. The van der Waals surface area contributed by atoms with Crippen LogP contribution in [-0.2, 0) is 24.1 Å². The summed E-state index contributed by atoms with van der Waals surface area (Å²) in [5, 5.41) is 23.2. The number of carbonyl (C=O) groups is 1. The molecule has 0 saturated heterocycles. The van der Waals surface area contributed by atoms with Gasteiger partial charge in [-0.25, -0.2) is 4.98 Å². The first-order chi connectivity index (χ1) is 15.0. The minimum atomic E-state index is -0.131. The van der Waals surface area contributed by atoms with Gasteiger partial charge in [-0.2, -0.15) is 0 Å². The summed E-state index contributed by atoms with van der Waals surface area (Å²) in [5.41, 5.74) is 2.26. The van der Waals surface area contributed by atoms with Crippen LogP contribution in [0.4, 0.5) is 5.13 Å². The van der Waals surface area contributed by atoms with Crippen molar-refractivity contribution in [1.82, 2.24) is 29.8 Å². The Morgan fingerprint density at radius 1 is 1.16 bits per heavy atom. The van der Waals surface area contributed by atoms with Gasteiger partial charge in [0.2, 0.25) is 11.0 Å². The molecule has 1 aliphatic carbocycles. The number of aromatic nitrogens is 6. The van der Waals surface area contributed by atoms with E-state index in [0.29, 0.717) is 10.3 Å². The molecule has 0 aromatic carbocycles. The van der Waals surface area contributed by atoms with E-state index < -0.39 is 0 Å². The van der Waals surface area contributed by atoms with E-state index in [0.717, 1.165) is 46.0 Å². The summed E-state index contributed by atoms with van der Waals surface area (Å²) >= 11 is 4.58. The monoisotopic (exact) mass is 473 g/mol. The van der Waals surface area contributed by atoms with E-state index in [1.807, 2.05) is 11.3 Å². The zero-order valence-corrected chi connectivity index (χ0v) is 20.1. The first kappa shape index (κ1) is 20.8. The minimum Gasteiger partial charge on any atom is -0.300 e. The van der Waals surface area contributed by atoms with Crippen LogP contribution in [0.15, 0.2) is 5.16 Å². The number of fused-ring (bicyclic) bond motifs is 5. The molecule has 0 bridgehead atoms. The molecule has 0 saturated carbocycles. The molecule has 5 rings (SSSR count). The van der Waals surface area contributed by atoms with Crippen LogP contribution in [0.2, 0.25) is 0 Å². The highest BCUT2D eigenvalue weighted by Crippen LogP contribution is 2.39. The van der Waals surface area contributed by atoms with Crippen molar-refractivity contribution >= 4 is 61.3 Å². The van der Waals surface area contributed by atoms with Crippen LogP contribution in [0.25, 0.3) is 15.9 Å². The molecule has 0 unspecified atom stereocenters. The number of hydrogen-bond acceptors (Lipinski definition) is 9. The molecule has 0 radical (unpaired) electrons. The Hall–Kier alpha value is -2.11. The molecular formula is C20H23N7OS3. The number of amides is 1. The molecule has 162 valence electrons. The highest BCUT2D eigenvalue weighted by atomic mass is 32.2. The van der Waals surface area contributed by atoms with Gasteiger partial charge in [-0.05, 0) is 37.7 Å². The van der Waals surface area contributed by atoms with Crippen molar-refractivity contribution in [3.63, 3.8) is 0 Å². The lowest BCUT2D eigenvalue weighted by molar-refractivity contribution is -0.113. The first-order valence-electron chi connectivity index (χ1n) is 10.5. The zero-order valence-electron chi connectivity index (χ0n) is 17.6. The number of aryl methyl sites for hydroxylation is 3. The molecule has 0 fully saturated rings. The molecular weight excluding hydrogens is 450 g/mol. The molecule has 4 heterocycles. The molecule has 1 amide bonds. The van der Waals surface area contributed by atoms with E-state index >= 15 is 0 Å². The van der Waals surface area contributed by atoms with Gasteiger partial charge in [0.15, 0.2) is 10.8 Å². The van der Waals surface area contributed by atoms with E-state index in [-0.39, 0.29) is 17.6 Å². The Bertz CT molecular complexity index is 1270. The molecule has 31 heavy (non-hydrogen) atoms. The minimum absolute atomic E-state index is 0.131. The fourth-order valence-corrected chi connectivity index (χ4v) is 6.57. The smallest absolute Gasteiger partial charge is 0.236 e. The fraction of sp³-hybridized carbons (Fsp3) is 0.500. The summed E-state index contributed by atoms with van der Waals surface area (Å²) < 4.78 is 2.05. The Morgan fingerprint density at radius 3 is 2.77 bits per heavy atom. The lowest BCUT2D eigenvalue weighted by Crippen LogP contribution is -2.14. The van der Waals surface area contributed by atoms with Crippen molar-refractivity contribution in [3.8, 4) is 0 Å². The normalized spacial score (nSPS) is 13.9. The average Bonchev–Trinajstić information content (AvgIpc) is 3.47. The van der Waals surface area contributed by atoms with Gasteiger partial charge in [0.05, 0.1) is 11.1 Å². The van der Waals surface area contributed by atoms with Gasteiger partial charge < -0.3 is 0 Å². The Morgan fingerprint density at radius 2 is 2.00 bits per heavy atom. The second kappa shape index (κ2) is 8.44. The van der Waals surface area contributed by atoms with Gasteiger partial charge in [0, 0.05) is 10.8 Å². The van der Waals surface area contributed by atoms with Gasteiger partial charge in [0.25, 0.3) is 0 Å². The third kappa shape index (κ3) is 3.83. The van der Waals surface area contributed by atoms with Crippen LogP contribution >= 0.6 is 34.4 Å². The Kier molecular flexibility index (Phi) is 5.65. The van der Waals surface area contributed by atoms with E-state index in [1.165, 1.54) is 46.4 Å². The van der Waals surface area contributed by atoms with E-state index in [9.17, 15) is 4.79 Å². The molecule has 0 atom stereocenters. The lowest BCUT2D eigenvalue weighted by atomic mass is 9.97. The van der Waals surface area contributed by atoms with Crippen molar-refractivity contribution in [3.05, 3.63) is 21.3 Å². The highest BCUT2D eigenvalue weighted by molar-refractivity contribution is 7.99. The predicted octanol–water partition coefficient (Wildman–Crippen LogP) is 4.49. The summed E-state index contributed by atoms with van der Waals surface area (Å²) in [6.07, 6.45) is 5.45. The quantitative estimate of drug-likeness (QED) is 0.412. The SMILES string of the molecule is CCc1nnc(NC(=O)CSc2nnc3c4c5c(sc4nc(C(C)C)n23)CCCC5)s1. The van der Waals surface area contributed by atoms with Crippen molar-refractivity contribution in [2.45, 2.75) is 63.9 Å². The Balaban J connectivity index is 1.47. The van der Waals surface area contributed by atoms with Crippen molar-refractivity contribution in [2.24, 2.45) is 0 Å². The predicted molar refractivity (Wildman–Crippen MR) is 126 cm³/mol. The van der Waals surface area contributed by atoms with Gasteiger partial charge in [-0.3, -0.25) is 14.5 Å². The number of thioether (sulfide) groups is 1. The van der Waals surface area contributed by atoms with Crippen LogP contribution in [0.5, 0.6) is 0 Å². The summed E-state index contributed by atoms with van der Waals surface area (Å²) in [6.45, 7) is 6.27. The third-order valence-electron chi connectivity index (χ3n) is 5.32. The van der Waals surface area contributed by atoms with Gasteiger partial charge in [0.1, 0.15) is 15.7 Å². The molecule has 1 aliphatic rings.